The monoisotopic (exact) mass is 296 g/mol. The van der Waals surface area contributed by atoms with E-state index in [1.165, 1.54) is 0 Å². The van der Waals surface area contributed by atoms with E-state index in [9.17, 15) is 8.42 Å². The van der Waals surface area contributed by atoms with Gasteiger partial charge in [-0.3, -0.25) is 0 Å². The van der Waals surface area contributed by atoms with Crippen LogP contribution < -0.4 is 10.0 Å². The highest BCUT2D eigenvalue weighted by Gasteiger charge is 2.29. The van der Waals surface area contributed by atoms with E-state index in [0.29, 0.717) is 16.5 Å². The predicted molar refractivity (Wildman–Crippen MR) is 82.3 cm³/mol. The molecule has 0 atom stereocenters. The molecular weight excluding hydrogens is 272 g/mol. The van der Waals surface area contributed by atoms with Crippen LogP contribution >= 0.6 is 0 Å². The van der Waals surface area contributed by atoms with Crippen molar-refractivity contribution in [3.8, 4) is 0 Å². The van der Waals surface area contributed by atoms with Crippen molar-refractivity contribution in [2.75, 3.05) is 11.9 Å². The third kappa shape index (κ3) is 3.96. The van der Waals surface area contributed by atoms with Crippen molar-refractivity contribution in [1.29, 1.82) is 0 Å². The van der Waals surface area contributed by atoms with Crippen molar-refractivity contribution < 1.29 is 8.42 Å². The second-order valence-electron chi connectivity index (χ2n) is 5.46. The molecule has 1 saturated carbocycles. The first-order chi connectivity index (χ1) is 9.56. The average molecular weight is 296 g/mol. The van der Waals surface area contributed by atoms with E-state index in [0.717, 1.165) is 32.2 Å². The Hall–Kier alpha value is -1.07. The van der Waals surface area contributed by atoms with Crippen LogP contribution in [-0.2, 0) is 10.0 Å². The van der Waals surface area contributed by atoms with E-state index < -0.39 is 10.0 Å². The van der Waals surface area contributed by atoms with Gasteiger partial charge in [-0.1, -0.05) is 38.8 Å². The van der Waals surface area contributed by atoms with Gasteiger partial charge in [0.05, 0.1) is 5.69 Å². The molecule has 1 aromatic carbocycles. The minimum Gasteiger partial charge on any atom is -0.384 e. The summed E-state index contributed by atoms with van der Waals surface area (Å²) < 4.78 is 27.4. The molecule has 0 aromatic heterocycles. The van der Waals surface area contributed by atoms with Crippen molar-refractivity contribution >= 4 is 15.7 Å². The zero-order valence-corrected chi connectivity index (χ0v) is 13.0. The van der Waals surface area contributed by atoms with Gasteiger partial charge in [0.2, 0.25) is 10.0 Å². The van der Waals surface area contributed by atoms with E-state index in [1.54, 1.807) is 12.1 Å². The molecule has 0 spiro atoms. The molecule has 2 rings (SSSR count). The summed E-state index contributed by atoms with van der Waals surface area (Å²) in [6, 6.07) is 7.27. The van der Waals surface area contributed by atoms with Crippen molar-refractivity contribution in [2.45, 2.75) is 50.5 Å². The van der Waals surface area contributed by atoms with Crippen LogP contribution in [0.4, 0.5) is 5.69 Å². The summed E-state index contributed by atoms with van der Waals surface area (Å²) in [5, 5.41) is 3.30. The van der Waals surface area contributed by atoms with Gasteiger partial charge in [-0.2, -0.15) is 0 Å². The van der Waals surface area contributed by atoms with Crippen LogP contribution in [0.5, 0.6) is 0 Å². The van der Waals surface area contributed by atoms with Gasteiger partial charge in [-0.05, 0) is 30.9 Å². The van der Waals surface area contributed by atoms with Gasteiger partial charge in [0.1, 0.15) is 4.90 Å². The Morgan fingerprint density at radius 2 is 1.85 bits per heavy atom. The molecule has 0 aliphatic heterocycles. The van der Waals surface area contributed by atoms with Gasteiger partial charge in [0.25, 0.3) is 0 Å². The van der Waals surface area contributed by atoms with Crippen LogP contribution in [0.3, 0.4) is 0 Å². The Balaban J connectivity index is 2.13. The molecular formula is C15H24N2O2S. The molecule has 4 nitrogen and oxygen atoms in total. The van der Waals surface area contributed by atoms with Crippen molar-refractivity contribution in [3.05, 3.63) is 24.3 Å². The molecule has 20 heavy (non-hydrogen) atoms. The number of benzene rings is 1. The third-order valence-corrected chi connectivity index (χ3v) is 5.39. The van der Waals surface area contributed by atoms with Crippen LogP contribution in [0.2, 0.25) is 0 Å². The highest BCUT2D eigenvalue weighted by molar-refractivity contribution is 7.89. The number of sulfonamides is 1. The van der Waals surface area contributed by atoms with Crippen LogP contribution in [-0.4, -0.2) is 21.0 Å². The number of hydrogen-bond acceptors (Lipinski definition) is 3. The summed E-state index contributed by atoms with van der Waals surface area (Å²) >= 11 is 0. The fourth-order valence-corrected chi connectivity index (χ4v) is 3.65. The molecule has 2 N–H and O–H groups in total. The summed E-state index contributed by atoms with van der Waals surface area (Å²) in [5.41, 5.74) is 0.701. The Kier molecular flexibility index (Phi) is 5.05. The Morgan fingerprint density at radius 3 is 2.45 bits per heavy atom. The summed E-state index contributed by atoms with van der Waals surface area (Å²) in [4.78, 5) is 0.359. The minimum atomic E-state index is -3.40. The van der Waals surface area contributed by atoms with Gasteiger partial charge < -0.3 is 5.32 Å². The molecule has 1 aliphatic carbocycles. The number of anilines is 1. The van der Waals surface area contributed by atoms with E-state index in [1.807, 2.05) is 12.1 Å². The van der Waals surface area contributed by atoms with Crippen molar-refractivity contribution in [1.82, 2.24) is 4.72 Å². The largest absolute Gasteiger partial charge is 0.384 e. The zero-order chi connectivity index (χ0) is 14.6. The molecule has 1 aromatic rings. The average Bonchev–Trinajstić information content (AvgIpc) is 3.23. The quantitative estimate of drug-likeness (QED) is 0.775. The topological polar surface area (TPSA) is 58.2 Å². The first kappa shape index (κ1) is 15.3. The van der Waals surface area contributed by atoms with Gasteiger partial charge in [0.15, 0.2) is 0 Å². The maximum atomic E-state index is 12.3. The first-order valence-corrected chi connectivity index (χ1v) is 8.90. The first-order valence-electron chi connectivity index (χ1n) is 7.42. The minimum absolute atomic E-state index is 0.132. The van der Waals surface area contributed by atoms with Crippen LogP contribution in [0.25, 0.3) is 0 Å². The van der Waals surface area contributed by atoms with E-state index in [4.69, 9.17) is 0 Å². The molecule has 5 heteroatoms. The molecule has 0 bridgehead atoms. The summed E-state index contributed by atoms with van der Waals surface area (Å²) in [6.45, 7) is 5.13. The van der Waals surface area contributed by atoms with Gasteiger partial charge in [-0.25, -0.2) is 13.1 Å². The second kappa shape index (κ2) is 6.59. The molecule has 1 fully saturated rings. The Labute approximate surface area is 122 Å². The molecule has 112 valence electrons. The lowest BCUT2D eigenvalue weighted by Crippen LogP contribution is -2.27. The standard InChI is InChI=1S/C15H24N2O2S/c1-3-12(4-2)11-16-14-7-5-6-8-15(14)20(18,19)17-13-9-10-13/h5-8,12-13,16-17H,3-4,9-11H2,1-2H3. The summed E-state index contributed by atoms with van der Waals surface area (Å²) in [6.07, 6.45) is 4.09. The highest BCUT2D eigenvalue weighted by atomic mass is 32.2. The second-order valence-corrected chi connectivity index (χ2v) is 7.14. The third-order valence-electron chi connectivity index (χ3n) is 3.81. The van der Waals surface area contributed by atoms with E-state index in [-0.39, 0.29) is 6.04 Å². The maximum Gasteiger partial charge on any atom is 0.242 e. The van der Waals surface area contributed by atoms with Crippen LogP contribution in [0, 0.1) is 5.92 Å². The van der Waals surface area contributed by atoms with Crippen LogP contribution in [0.15, 0.2) is 29.2 Å². The fraction of sp³-hybridized carbons (Fsp3) is 0.600. The smallest absolute Gasteiger partial charge is 0.242 e. The molecule has 0 heterocycles. The lowest BCUT2D eigenvalue weighted by Gasteiger charge is -2.17. The molecule has 0 amide bonds. The van der Waals surface area contributed by atoms with Crippen molar-refractivity contribution in [2.24, 2.45) is 5.92 Å². The Morgan fingerprint density at radius 1 is 1.20 bits per heavy atom. The van der Waals surface area contributed by atoms with E-state index >= 15 is 0 Å². The molecule has 0 saturated heterocycles. The molecule has 1 aliphatic rings. The highest BCUT2D eigenvalue weighted by Crippen LogP contribution is 2.26. The zero-order valence-electron chi connectivity index (χ0n) is 12.2. The number of para-hydroxylation sites is 1. The number of nitrogens with one attached hydrogen (secondary N) is 2. The van der Waals surface area contributed by atoms with Crippen molar-refractivity contribution in [3.63, 3.8) is 0 Å². The maximum absolute atomic E-state index is 12.3. The van der Waals surface area contributed by atoms with Gasteiger partial charge >= 0.3 is 0 Å². The SMILES string of the molecule is CCC(CC)CNc1ccccc1S(=O)(=O)NC1CC1. The Bertz CT molecular complexity index is 535. The van der Waals surface area contributed by atoms with Crippen LogP contribution in [0.1, 0.15) is 39.5 Å². The van der Waals surface area contributed by atoms with Gasteiger partial charge in [-0.15, -0.1) is 0 Å². The fourth-order valence-electron chi connectivity index (χ4n) is 2.16. The van der Waals surface area contributed by atoms with Gasteiger partial charge in [0, 0.05) is 12.6 Å². The normalized spacial score (nSPS) is 15.6. The summed E-state index contributed by atoms with van der Waals surface area (Å²) in [7, 11) is -3.40. The lowest BCUT2D eigenvalue weighted by molar-refractivity contribution is 0.518. The number of hydrogen-bond donors (Lipinski definition) is 2. The molecule has 0 unspecified atom stereocenters. The number of rotatable bonds is 8. The molecule has 0 radical (unpaired) electrons. The predicted octanol–water partition coefficient (Wildman–Crippen LogP) is 2.98. The summed E-state index contributed by atoms with van der Waals surface area (Å²) in [5.74, 6) is 0.571. The lowest BCUT2D eigenvalue weighted by atomic mass is 10.0. The van der Waals surface area contributed by atoms with E-state index in [2.05, 4.69) is 23.9 Å².